The molecule has 0 heterocycles. The van der Waals surface area contributed by atoms with E-state index in [1.165, 1.54) is 12.1 Å². The van der Waals surface area contributed by atoms with Crippen LogP contribution in [0.15, 0.2) is 30.3 Å². The number of alkyl halides is 1. The van der Waals surface area contributed by atoms with Gasteiger partial charge in [-0.15, -0.1) is 0 Å². The van der Waals surface area contributed by atoms with Gasteiger partial charge in [0.25, 0.3) is 0 Å². The molecule has 2 heteroatoms. The zero-order valence-corrected chi connectivity index (χ0v) is 7.34. The first-order chi connectivity index (χ1) is 6.33. The number of rotatable bonds is 4. The lowest BCUT2D eigenvalue weighted by Crippen LogP contribution is -1.76. The summed E-state index contributed by atoms with van der Waals surface area (Å²) in [6.07, 6.45) is 4.89. The Morgan fingerprint density at radius 1 is 1.31 bits per heavy atom. The van der Waals surface area contributed by atoms with E-state index in [4.69, 9.17) is 0 Å². The van der Waals surface area contributed by atoms with Crippen molar-refractivity contribution in [1.82, 2.24) is 0 Å². The molecule has 0 N–H and O–H groups in total. The molecule has 0 saturated carbocycles. The van der Waals surface area contributed by atoms with Crippen LogP contribution in [0.2, 0.25) is 0 Å². The zero-order chi connectivity index (χ0) is 9.52. The van der Waals surface area contributed by atoms with Gasteiger partial charge in [0.2, 0.25) is 0 Å². The second kappa shape index (κ2) is 5.46. The van der Waals surface area contributed by atoms with Gasteiger partial charge in [-0.2, -0.15) is 0 Å². The van der Waals surface area contributed by atoms with Crippen molar-refractivity contribution in [2.75, 3.05) is 6.67 Å². The van der Waals surface area contributed by atoms with Crippen molar-refractivity contribution in [3.05, 3.63) is 41.7 Å². The molecule has 0 spiro atoms. The molecule has 0 saturated heterocycles. The second-order valence-electron chi connectivity index (χ2n) is 2.79. The minimum Gasteiger partial charge on any atom is -0.251 e. The van der Waals surface area contributed by atoms with Crippen molar-refractivity contribution in [3.8, 4) is 0 Å². The Morgan fingerprint density at radius 3 is 2.85 bits per heavy atom. The number of halogens is 2. The minimum atomic E-state index is -0.298. The third-order valence-corrected chi connectivity index (χ3v) is 1.66. The molecule has 0 aliphatic heterocycles. The molecule has 1 rings (SSSR count). The first-order valence-corrected chi connectivity index (χ1v) is 4.31. The van der Waals surface area contributed by atoms with Crippen LogP contribution in [0.1, 0.15) is 18.4 Å². The van der Waals surface area contributed by atoms with Gasteiger partial charge in [-0.05, 0) is 30.5 Å². The summed E-state index contributed by atoms with van der Waals surface area (Å²) < 4.78 is 24.3. The van der Waals surface area contributed by atoms with E-state index in [-0.39, 0.29) is 12.5 Å². The van der Waals surface area contributed by atoms with Gasteiger partial charge in [0, 0.05) is 0 Å². The highest BCUT2D eigenvalue weighted by Crippen LogP contribution is 2.06. The second-order valence-corrected chi connectivity index (χ2v) is 2.79. The summed E-state index contributed by atoms with van der Waals surface area (Å²) in [5.41, 5.74) is 0.818. The largest absolute Gasteiger partial charge is 0.251 e. The summed E-state index contributed by atoms with van der Waals surface area (Å²) in [6, 6.07) is 6.32. The van der Waals surface area contributed by atoms with Crippen molar-refractivity contribution in [2.45, 2.75) is 12.8 Å². The molecule has 13 heavy (non-hydrogen) atoms. The minimum absolute atomic E-state index is 0.243. The maximum Gasteiger partial charge on any atom is 0.123 e. The van der Waals surface area contributed by atoms with E-state index in [0.29, 0.717) is 12.8 Å². The maximum absolute atomic E-state index is 12.6. The molecule has 0 aromatic heterocycles. The van der Waals surface area contributed by atoms with Crippen LogP contribution in [0.3, 0.4) is 0 Å². The smallest absolute Gasteiger partial charge is 0.123 e. The molecule has 0 aliphatic rings. The zero-order valence-electron chi connectivity index (χ0n) is 7.34. The molecular formula is C11H12F2. The number of hydrogen-bond donors (Lipinski definition) is 0. The molecule has 0 unspecified atom stereocenters. The van der Waals surface area contributed by atoms with E-state index in [9.17, 15) is 8.78 Å². The molecule has 1 aromatic rings. The molecule has 0 amide bonds. The van der Waals surface area contributed by atoms with Gasteiger partial charge in [-0.25, -0.2) is 4.39 Å². The van der Waals surface area contributed by atoms with Gasteiger partial charge >= 0.3 is 0 Å². The van der Waals surface area contributed by atoms with Gasteiger partial charge < -0.3 is 0 Å². The molecule has 0 bridgehead atoms. The monoisotopic (exact) mass is 182 g/mol. The first-order valence-electron chi connectivity index (χ1n) is 4.31. The van der Waals surface area contributed by atoms with E-state index in [2.05, 4.69) is 0 Å². The third kappa shape index (κ3) is 3.83. The Balaban J connectivity index is 2.48. The molecular weight excluding hydrogens is 170 g/mol. The lowest BCUT2D eigenvalue weighted by molar-refractivity contribution is 0.476. The highest BCUT2D eigenvalue weighted by atomic mass is 19.1. The van der Waals surface area contributed by atoms with Crippen molar-refractivity contribution in [3.63, 3.8) is 0 Å². The van der Waals surface area contributed by atoms with E-state index < -0.39 is 0 Å². The summed E-state index contributed by atoms with van der Waals surface area (Å²) in [5.74, 6) is -0.243. The van der Waals surface area contributed by atoms with Crippen LogP contribution in [-0.2, 0) is 0 Å². The highest BCUT2D eigenvalue weighted by Gasteiger charge is 1.89. The number of benzene rings is 1. The molecule has 70 valence electrons. The standard InChI is InChI=1S/C11H12F2/c12-8-3-1-2-5-10-6-4-7-11(13)9-10/h2,4-7,9H,1,3,8H2/b5-2+. The fourth-order valence-corrected chi connectivity index (χ4v) is 1.02. The van der Waals surface area contributed by atoms with Crippen LogP contribution in [0.25, 0.3) is 6.08 Å². The van der Waals surface area contributed by atoms with Crippen LogP contribution >= 0.6 is 0 Å². The van der Waals surface area contributed by atoms with E-state index in [0.717, 1.165) is 5.56 Å². The molecule has 0 fully saturated rings. The van der Waals surface area contributed by atoms with Crippen LogP contribution in [0.5, 0.6) is 0 Å². The molecule has 1 aromatic carbocycles. The van der Waals surface area contributed by atoms with Crippen LogP contribution in [0, 0.1) is 5.82 Å². The molecule has 0 atom stereocenters. The van der Waals surface area contributed by atoms with Gasteiger partial charge in [-0.1, -0.05) is 24.3 Å². The van der Waals surface area contributed by atoms with E-state index >= 15 is 0 Å². The Morgan fingerprint density at radius 2 is 2.15 bits per heavy atom. The number of hydrogen-bond acceptors (Lipinski definition) is 0. The summed E-state index contributed by atoms with van der Waals surface area (Å²) in [4.78, 5) is 0. The average molecular weight is 182 g/mol. The van der Waals surface area contributed by atoms with Crippen molar-refractivity contribution in [1.29, 1.82) is 0 Å². The normalized spacial score (nSPS) is 10.9. The summed E-state index contributed by atoms with van der Waals surface area (Å²) in [7, 11) is 0. The number of unbranched alkanes of at least 4 members (excludes halogenated alkanes) is 1. The lowest BCUT2D eigenvalue weighted by Gasteiger charge is -1.92. The summed E-state index contributed by atoms with van der Waals surface area (Å²) >= 11 is 0. The van der Waals surface area contributed by atoms with Crippen molar-refractivity contribution in [2.24, 2.45) is 0 Å². The Bertz CT molecular complexity index is 279. The third-order valence-electron chi connectivity index (χ3n) is 1.66. The summed E-state index contributed by atoms with van der Waals surface area (Å²) in [6.45, 7) is -0.298. The molecule has 0 radical (unpaired) electrons. The molecule has 0 nitrogen and oxygen atoms in total. The quantitative estimate of drug-likeness (QED) is 0.624. The van der Waals surface area contributed by atoms with Gasteiger partial charge in [0.05, 0.1) is 6.67 Å². The Hall–Kier alpha value is -1.18. The Labute approximate surface area is 76.9 Å². The molecule has 0 aliphatic carbocycles. The van der Waals surface area contributed by atoms with Crippen LogP contribution in [-0.4, -0.2) is 6.67 Å². The highest BCUT2D eigenvalue weighted by molar-refractivity contribution is 5.48. The average Bonchev–Trinajstić information content (AvgIpc) is 2.13. The van der Waals surface area contributed by atoms with E-state index in [1.807, 2.05) is 12.1 Å². The van der Waals surface area contributed by atoms with Crippen LogP contribution in [0.4, 0.5) is 8.78 Å². The van der Waals surface area contributed by atoms with Crippen molar-refractivity contribution < 1.29 is 8.78 Å². The first kappa shape index (κ1) is 9.90. The van der Waals surface area contributed by atoms with Gasteiger partial charge in [-0.3, -0.25) is 4.39 Å². The van der Waals surface area contributed by atoms with E-state index in [1.54, 1.807) is 12.1 Å². The fourth-order valence-electron chi connectivity index (χ4n) is 1.02. The predicted octanol–water partition coefficient (Wildman–Crippen LogP) is 3.59. The van der Waals surface area contributed by atoms with Gasteiger partial charge in [0.15, 0.2) is 0 Å². The maximum atomic E-state index is 12.6. The lowest BCUT2D eigenvalue weighted by atomic mass is 10.2. The number of allylic oxidation sites excluding steroid dienone is 1. The fraction of sp³-hybridized carbons (Fsp3) is 0.273. The van der Waals surface area contributed by atoms with Crippen molar-refractivity contribution >= 4 is 6.08 Å². The van der Waals surface area contributed by atoms with Crippen LogP contribution < -0.4 is 0 Å². The summed E-state index contributed by atoms with van der Waals surface area (Å²) in [5, 5.41) is 0. The predicted molar refractivity (Wildman–Crippen MR) is 50.6 cm³/mol. The topological polar surface area (TPSA) is 0 Å². The van der Waals surface area contributed by atoms with Gasteiger partial charge in [0.1, 0.15) is 5.82 Å². The SMILES string of the molecule is FCCC/C=C/c1cccc(F)c1. The Kier molecular flexibility index (Phi) is 4.16.